The molecule has 0 aliphatic carbocycles. The van der Waals surface area contributed by atoms with Crippen molar-refractivity contribution in [1.82, 2.24) is 5.16 Å². The van der Waals surface area contributed by atoms with E-state index in [9.17, 15) is 4.79 Å². The van der Waals surface area contributed by atoms with Crippen LogP contribution < -0.4 is 5.32 Å². The maximum Gasteiger partial charge on any atom is 0.231 e. The summed E-state index contributed by atoms with van der Waals surface area (Å²) < 4.78 is 16.3. The Balaban J connectivity index is 1.91. The molecule has 1 amide bonds. The first kappa shape index (κ1) is 14.7. The standard InChI is InChI=1S/C14H20N2O4/c1-9(10(2)19-14-6-4-5-7-18-14)12-8-13(20-16-12)15-11(3)17/h8,10,14H,1,4-7H2,2-3H3,(H,15,17)/t10-,14?/m0/s1. The Labute approximate surface area is 118 Å². The molecule has 0 radical (unpaired) electrons. The molecule has 2 rings (SSSR count). The quantitative estimate of drug-likeness (QED) is 0.897. The van der Waals surface area contributed by atoms with E-state index in [4.69, 9.17) is 14.0 Å². The number of ether oxygens (including phenoxy) is 2. The Kier molecular flexibility index (Phi) is 4.92. The van der Waals surface area contributed by atoms with E-state index in [-0.39, 0.29) is 18.3 Å². The first-order valence-corrected chi connectivity index (χ1v) is 6.77. The molecular formula is C14H20N2O4. The number of hydrogen-bond donors (Lipinski definition) is 1. The van der Waals surface area contributed by atoms with E-state index in [1.165, 1.54) is 6.92 Å². The lowest BCUT2D eigenvalue weighted by Crippen LogP contribution is -2.27. The fraction of sp³-hybridized carbons (Fsp3) is 0.571. The average Bonchev–Trinajstić information content (AvgIpc) is 2.86. The molecule has 0 bridgehead atoms. The third kappa shape index (κ3) is 3.91. The van der Waals surface area contributed by atoms with E-state index in [2.05, 4.69) is 17.1 Å². The number of nitrogens with zero attached hydrogens (tertiary/aromatic N) is 1. The molecule has 1 unspecified atom stereocenters. The van der Waals surface area contributed by atoms with Gasteiger partial charge in [0.05, 0.1) is 6.10 Å². The van der Waals surface area contributed by atoms with Crippen molar-refractivity contribution in [3.8, 4) is 0 Å². The van der Waals surface area contributed by atoms with Gasteiger partial charge < -0.3 is 14.0 Å². The SMILES string of the molecule is C=C(c1cc(NC(C)=O)on1)[C@H](C)OC1CCCCO1. The van der Waals surface area contributed by atoms with Crippen LogP contribution in [0.3, 0.4) is 0 Å². The third-order valence-corrected chi connectivity index (χ3v) is 3.12. The molecule has 1 fully saturated rings. The van der Waals surface area contributed by atoms with Gasteiger partial charge in [0.1, 0.15) is 5.69 Å². The topological polar surface area (TPSA) is 73.6 Å². The first-order valence-electron chi connectivity index (χ1n) is 6.77. The molecule has 1 aliphatic rings. The van der Waals surface area contributed by atoms with Gasteiger partial charge in [0, 0.05) is 25.2 Å². The smallest absolute Gasteiger partial charge is 0.231 e. The first-order chi connectivity index (χ1) is 9.56. The Morgan fingerprint density at radius 1 is 1.60 bits per heavy atom. The fourth-order valence-corrected chi connectivity index (χ4v) is 2.00. The summed E-state index contributed by atoms with van der Waals surface area (Å²) in [6, 6.07) is 1.63. The number of hydrogen-bond acceptors (Lipinski definition) is 5. The summed E-state index contributed by atoms with van der Waals surface area (Å²) in [6.45, 7) is 8.01. The van der Waals surface area contributed by atoms with Crippen molar-refractivity contribution in [1.29, 1.82) is 0 Å². The molecule has 0 saturated carbocycles. The van der Waals surface area contributed by atoms with Gasteiger partial charge >= 0.3 is 0 Å². The molecule has 1 N–H and O–H groups in total. The van der Waals surface area contributed by atoms with Crippen LogP contribution in [0, 0.1) is 0 Å². The van der Waals surface area contributed by atoms with Gasteiger partial charge in [-0.15, -0.1) is 0 Å². The van der Waals surface area contributed by atoms with Crippen molar-refractivity contribution in [3.63, 3.8) is 0 Å². The van der Waals surface area contributed by atoms with E-state index in [1.807, 2.05) is 6.92 Å². The van der Waals surface area contributed by atoms with Gasteiger partial charge in [-0.2, -0.15) is 0 Å². The lowest BCUT2D eigenvalue weighted by Gasteiger charge is -2.26. The van der Waals surface area contributed by atoms with Crippen molar-refractivity contribution in [2.75, 3.05) is 11.9 Å². The van der Waals surface area contributed by atoms with E-state index in [0.29, 0.717) is 17.2 Å². The van der Waals surface area contributed by atoms with Crippen LogP contribution in [0.2, 0.25) is 0 Å². The second-order valence-electron chi connectivity index (χ2n) is 4.86. The number of rotatable bonds is 5. The highest BCUT2D eigenvalue weighted by atomic mass is 16.7. The van der Waals surface area contributed by atoms with Gasteiger partial charge in [-0.25, -0.2) is 0 Å². The highest BCUT2D eigenvalue weighted by Gasteiger charge is 2.21. The molecule has 2 heterocycles. The second-order valence-corrected chi connectivity index (χ2v) is 4.86. The number of nitrogens with one attached hydrogen (secondary N) is 1. The summed E-state index contributed by atoms with van der Waals surface area (Å²) in [5.41, 5.74) is 1.26. The highest BCUT2D eigenvalue weighted by molar-refractivity contribution is 5.87. The minimum Gasteiger partial charge on any atom is -0.353 e. The second kappa shape index (κ2) is 6.67. The Morgan fingerprint density at radius 3 is 3.05 bits per heavy atom. The summed E-state index contributed by atoms with van der Waals surface area (Å²) >= 11 is 0. The van der Waals surface area contributed by atoms with Crippen LogP contribution in [0.5, 0.6) is 0 Å². The van der Waals surface area contributed by atoms with Gasteiger partial charge in [0.25, 0.3) is 0 Å². The van der Waals surface area contributed by atoms with Gasteiger partial charge in [-0.1, -0.05) is 11.7 Å². The molecule has 110 valence electrons. The maximum atomic E-state index is 10.9. The van der Waals surface area contributed by atoms with Gasteiger partial charge in [0.15, 0.2) is 6.29 Å². The zero-order valence-corrected chi connectivity index (χ0v) is 11.8. The maximum absolute atomic E-state index is 10.9. The average molecular weight is 280 g/mol. The van der Waals surface area contributed by atoms with E-state index < -0.39 is 0 Å². The molecule has 1 aliphatic heterocycles. The summed E-state index contributed by atoms with van der Waals surface area (Å²) in [6.07, 6.45) is 2.68. The number of carbonyl (C=O) groups is 1. The summed E-state index contributed by atoms with van der Waals surface area (Å²) in [7, 11) is 0. The molecule has 2 atom stereocenters. The van der Waals surface area contributed by atoms with Crippen LogP contribution in [-0.4, -0.2) is 30.1 Å². The molecule has 20 heavy (non-hydrogen) atoms. The van der Waals surface area contributed by atoms with Crippen molar-refractivity contribution in [3.05, 3.63) is 18.3 Å². The lowest BCUT2D eigenvalue weighted by molar-refractivity contribution is -0.173. The summed E-state index contributed by atoms with van der Waals surface area (Å²) in [4.78, 5) is 10.9. The third-order valence-electron chi connectivity index (χ3n) is 3.12. The highest BCUT2D eigenvalue weighted by Crippen LogP contribution is 2.24. The molecule has 6 heteroatoms. The van der Waals surface area contributed by atoms with Crippen LogP contribution in [0.4, 0.5) is 5.88 Å². The molecule has 1 saturated heterocycles. The van der Waals surface area contributed by atoms with E-state index in [0.717, 1.165) is 25.9 Å². The van der Waals surface area contributed by atoms with Crippen molar-refractivity contribution < 1.29 is 18.8 Å². The van der Waals surface area contributed by atoms with Crippen LogP contribution in [0.15, 0.2) is 17.2 Å². The van der Waals surface area contributed by atoms with Crippen LogP contribution in [0.1, 0.15) is 38.8 Å². The van der Waals surface area contributed by atoms with Crippen LogP contribution in [0.25, 0.3) is 5.57 Å². The van der Waals surface area contributed by atoms with Crippen molar-refractivity contribution >= 4 is 17.4 Å². The Morgan fingerprint density at radius 2 is 2.40 bits per heavy atom. The number of amides is 1. The van der Waals surface area contributed by atoms with Gasteiger partial charge in [-0.05, 0) is 26.2 Å². The monoisotopic (exact) mass is 280 g/mol. The lowest BCUT2D eigenvalue weighted by atomic mass is 10.1. The van der Waals surface area contributed by atoms with Crippen molar-refractivity contribution in [2.24, 2.45) is 0 Å². The minimum atomic E-state index is -0.228. The molecule has 0 aromatic carbocycles. The summed E-state index contributed by atoms with van der Waals surface area (Å²) in [5.74, 6) is 0.0907. The number of anilines is 1. The van der Waals surface area contributed by atoms with Gasteiger partial charge in [-0.3, -0.25) is 10.1 Å². The van der Waals surface area contributed by atoms with E-state index in [1.54, 1.807) is 6.07 Å². The number of carbonyl (C=O) groups excluding carboxylic acids is 1. The molecule has 0 spiro atoms. The normalized spacial score (nSPS) is 20.4. The molecule has 6 nitrogen and oxygen atoms in total. The zero-order valence-electron chi connectivity index (χ0n) is 11.8. The van der Waals surface area contributed by atoms with E-state index >= 15 is 0 Å². The molecule has 1 aromatic heterocycles. The Hall–Kier alpha value is -1.66. The fourth-order valence-electron chi connectivity index (χ4n) is 2.00. The van der Waals surface area contributed by atoms with Crippen molar-refractivity contribution in [2.45, 2.75) is 45.5 Å². The predicted molar refractivity (Wildman–Crippen MR) is 74.0 cm³/mol. The summed E-state index contributed by atoms with van der Waals surface area (Å²) in [5, 5.41) is 6.40. The number of aromatic nitrogens is 1. The minimum absolute atomic E-state index is 0.183. The molecule has 1 aromatic rings. The predicted octanol–water partition coefficient (Wildman–Crippen LogP) is 2.58. The largest absolute Gasteiger partial charge is 0.353 e. The zero-order chi connectivity index (χ0) is 14.5. The van der Waals surface area contributed by atoms with Gasteiger partial charge in [0.2, 0.25) is 11.8 Å². The van der Waals surface area contributed by atoms with Crippen LogP contribution >= 0.6 is 0 Å². The van der Waals surface area contributed by atoms with Crippen LogP contribution in [-0.2, 0) is 14.3 Å². The molecular weight excluding hydrogens is 260 g/mol. The Bertz CT molecular complexity index is 477.